The molecule has 1 aromatic rings. The van der Waals surface area contributed by atoms with Gasteiger partial charge >= 0.3 is 0 Å². The number of carbonyl (C=O) groups is 1. The third kappa shape index (κ3) is 2.78. The van der Waals surface area contributed by atoms with E-state index in [9.17, 15) is 13.2 Å². The Morgan fingerprint density at radius 1 is 1.32 bits per heavy atom. The van der Waals surface area contributed by atoms with Crippen molar-refractivity contribution >= 4 is 16.3 Å². The van der Waals surface area contributed by atoms with Crippen LogP contribution in [0.1, 0.15) is 10.4 Å². The molecule has 7 heteroatoms. The van der Waals surface area contributed by atoms with Crippen LogP contribution in [0.5, 0.6) is 5.75 Å². The first-order valence-corrected chi connectivity index (χ1v) is 7.24. The average Bonchev–Trinajstić information content (AvgIpc) is 2.47. The lowest BCUT2D eigenvalue weighted by Gasteiger charge is -2.26. The number of nitrogens with zero attached hydrogens (tertiary/aromatic N) is 1. The summed E-state index contributed by atoms with van der Waals surface area (Å²) in [6.45, 7) is 1.34. The second-order valence-electron chi connectivity index (χ2n) is 4.04. The highest BCUT2D eigenvalue weighted by Gasteiger charge is 2.29. The fourth-order valence-electron chi connectivity index (χ4n) is 1.89. The van der Waals surface area contributed by atoms with Gasteiger partial charge in [0.15, 0.2) is 0 Å². The largest absolute Gasteiger partial charge is 0.495 e. The van der Waals surface area contributed by atoms with Crippen molar-refractivity contribution in [2.75, 3.05) is 33.4 Å². The fourth-order valence-corrected chi connectivity index (χ4v) is 3.49. The molecule has 0 saturated carbocycles. The number of benzene rings is 1. The predicted molar refractivity (Wildman–Crippen MR) is 68.0 cm³/mol. The number of sulfonamides is 1. The van der Waals surface area contributed by atoms with E-state index >= 15 is 0 Å². The zero-order valence-electron chi connectivity index (χ0n) is 10.5. The molecular formula is C12H15NO5S. The van der Waals surface area contributed by atoms with Gasteiger partial charge in [-0.3, -0.25) is 4.79 Å². The number of rotatable bonds is 4. The van der Waals surface area contributed by atoms with Crippen molar-refractivity contribution in [3.63, 3.8) is 0 Å². The van der Waals surface area contributed by atoms with E-state index in [0.717, 1.165) is 0 Å². The second kappa shape index (κ2) is 5.68. The summed E-state index contributed by atoms with van der Waals surface area (Å²) in [5.74, 6) is 0.233. The van der Waals surface area contributed by atoms with Crippen molar-refractivity contribution in [1.82, 2.24) is 4.31 Å². The summed E-state index contributed by atoms with van der Waals surface area (Å²) in [6, 6.07) is 4.33. The van der Waals surface area contributed by atoms with E-state index in [2.05, 4.69) is 0 Å². The molecule has 0 aromatic heterocycles. The highest BCUT2D eigenvalue weighted by Crippen LogP contribution is 2.27. The molecule has 0 spiro atoms. The van der Waals surface area contributed by atoms with E-state index in [4.69, 9.17) is 9.47 Å². The predicted octanol–water partition coefficient (Wildman–Crippen LogP) is 0.529. The lowest BCUT2D eigenvalue weighted by Crippen LogP contribution is -2.40. The zero-order chi connectivity index (χ0) is 13.9. The number of carbonyl (C=O) groups excluding carboxylic acids is 1. The first-order valence-electron chi connectivity index (χ1n) is 5.80. The second-order valence-corrected chi connectivity index (χ2v) is 5.95. The van der Waals surface area contributed by atoms with E-state index in [1.165, 1.54) is 29.6 Å². The summed E-state index contributed by atoms with van der Waals surface area (Å²) < 4.78 is 36.6. The summed E-state index contributed by atoms with van der Waals surface area (Å²) >= 11 is 0. The summed E-state index contributed by atoms with van der Waals surface area (Å²) in [7, 11) is -2.27. The minimum absolute atomic E-state index is 0.0153. The van der Waals surface area contributed by atoms with Gasteiger partial charge in [0.1, 0.15) is 16.9 Å². The van der Waals surface area contributed by atoms with Crippen molar-refractivity contribution in [1.29, 1.82) is 0 Å². The Bertz CT molecular complexity index is 563. The van der Waals surface area contributed by atoms with Crippen LogP contribution >= 0.6 is 0 Å². The van der Waals surface area contributed by atoms with Crippen LogP contribution in [-0.4, -0.2) is 52.4 Å². The minimum atomic E-state index is -3.67. The standard InChI is InChI=1S/C12H15NO5S/c1-17-11-3-2-10(9-14)8-12(11)19(15,16)13-4-6-18-7-5-13/h2-3,8-9H,4-7H2,1H3. The molecule has 19 heavy (non-hydrogen) atoms. The van der Waals surface area contributed by atoms with Gasteiger partial charge in [-0.1, -0.05) is 0 Å². The Morgan fingerprint density at radius 3 is 2.58 bits per heavy atom. The molecule has 104 valence electrons. The Hall–Kier alpha value is -1.44. The molecule has 1 aliphatic rings. The number of methoxy groups -OCH3 is 1. The zero-order valence-corrected chi connectivity index (χ0v) is 11.4. The quantitative estimate of drug-likeness (QED) is 0.754. The van der Waals surface area contributed by atoms with E-state index in [1.54, 1.807) is 0 Å². The normalized spacial score (nSPS) is 17.1. The van der Waals surface area contributed by atoms with Gasteiger partial charge in [-0.2, -0.15) is 4.31 Å². The molecule has 0 bridgehead atoms. The van der Waals surface area contributed by atoms with Crippen LogP contribution in [0, 0.1) is 0 Å². The van der Waals surface area contributed by atoms with Crippen LogP contribution in [0.15, 0.2) is 23.1 Å². The van der Waals surface area contributed by atoms with E-state index < -0.39 is 10.0 Å². The van der Waals surface area contributed by atoms with Crippen LogP contribution in [-0.2, 0) is 14.8 Å². The van der Waals surface area contributed by atoms with Crippen molar-refractivity contribution in [3.05, 3.63) is 23.8 Å². The molecule has 1 aliphatic heterocycles. The number of morpholine rings is 1. The molecular weight excluding hydrogens is 270 g/mol. The van der Waals surface area contributed by atoms with Gasteiger partial charge < -0.3 is 9.47 Å². The molecule has 0 radical (unpaired) electrons. The topological polar surface area (TPSA) is 72.9 Å². The van der Waals surface area contributed by atoms with Gasteiger partial charge in [-0.05, 0) is 18.2 Å². The molecule has 0 aliphatic carbocycles. The maximum atomic E-state index is 12.5. The van der Waals surface area contributed by atoms with E-state index in [1.807, 2.05) is 0 Å². The molecule has 1 fully saturated rings. The Labute approximate surface area is 112 Å². The molecule has 1 aromatic carbocycles. The van der Waals surface area contributed by atoms with Crippen LogP contribution in [0.3, 0.4) is 0 Å². The number of aldehydes is 1. The van der Waals surface area contributed by atoms with Crippen LogP contribution < -0.4 is 4.74 Å². The highest BCUT2D eigenvalue weighted by molar-refractivity contribution is 7.89. The number of ether oxygens (including phenoxy) is 2. The summed E-state index contributed by atoms with van der Waals surface area (Å²) in [4.78, 5) is 10.8. The first-order chi connectivity index (χ1) is 9.09. The van der Waals surface area contributed by atoms with Gasteiger partial charge in [-0.25, -0.2) is 8.42 Å². The number of hydrogen-bond acceptors (Lipinski definition) is 5. The lowest BCUT2D eigenvalue weighted by atomic mass is 10.2. The van der Waals surface area contributed by atoms with Crippen LogP contribution in [0.25, 0.3) is 0 Å². The van der Waals surface area contributed by atoms with E-state index in [0.29, 0.717) is 38.2 Å². The van der Waals surface area contributed by atoms with Crippen molar-refractivity contribution in [2.24, 2.45) is 0 Å². The van der Waals surface area contributed by atoms with E-state index in [-0.39, 0.29) is 10.6 Å². The third-order valence-corrected chi connectivity index (χ3v) is 4.83. The Kier molecular flexibility index (Phi) is 4.18. The monoisotopic (exact) mass is 285 g/mol. The number of hydrogen-bond donors (Lipinski definition) is 0. The molecule has 6 nitrogen and oxygen atoms in total. The molecule has 0 unspecified atom stereocenters. The average molecular weight is 285 g/mol. The fraction of sp³-hybridized carbons (Fsp3) is 0.417. The van der Waals surface area contributed by atoms with Gasteiger partial charge in [0, 0.05) is 18.7 Å². The first kappa shape index (κ1) is 14.0. The molecule has 0 amide bonds. The van der Waals surface area contributed by atoms with Gasteiger partial charge in [0.2, 0.25) is 10.0 Å². The van der Waals surface area contributed by atoms with Crippen molar-refractivity contribution in [3.8, 4) is 5.75 Å². The molecule has 0 atom stereocenters. The summed E-state index contributed by atoms with van der Waals surface area (Å²) in [6.07, 6.45) is 0.609. The molecule has 1 heterocycles. The minimum Gasteiger partial charge on any atom is -0.495 e. The van der Waals surface area contributed by atoms with Gasteiger partial charge in [-0.15, -0.1) is 0 Å². The Balaban J connectivity index is 2.45. The smallest absolute Gasteiger partial charge is 0.246 e. The maximum Gasteiger partial charge on any atom is 0.246 e. The van der Waals surface area contributed by atoms with Crippen LogP contribution in [0.4, 0.5) is 0 Å². The van der Waals surface area contributed by atoms with Crippen molar-refractivity contribution < 1.29 is 22.7 Å². The van der Waals surface area contributed by atoms with Gasteiger partial charge in [0.05, 0.1) is 20.3 Å². The van der Waals surface area contributed by atoms with Crippen LogP contribution in [0.2, 0.25) is 0 Å². The summed E-state index contributed by atoms with van der Waals surface area (Å²) in [5.41, 5.74) is 0.299. The SMILES string of the molecule is COc1ccc(C=O)cc1S(=O)(=O)N1CCOCC1. The summed E-state index contributed by atoms with van der Waals surface area (Å²) in [5, 5.41) is 0. The molecule has 2 rings (SSSR count). The Morgan fingerprint density at radius 2 is 2.00 bits per heavy atom. The third-order valence-electron chi connectivity index (χ3n) is 2.91. The highest BCUT2D eigenvalue weighted by atomic mass is 32.2. The van der Waals surface area contributed by atoms with Gasteiger partial charge in [0.25, 0.3) is 0 Å². The van der Waals surface area contributed by atoms with Crippen molar-refractivity contribution in [2.45, 2.75) is 4.90 Å². The lowest BCUT2D eigenvalue weighted by molar-refractivity contribution is 0.0729. The maximum absolute atomic E-state index is 12.5. The molecule has 1 saturated heterocycles. The molecule has 0 N–H and O–H groups in total.